The molecule has 0 spiro atoms. The standard InChI is InChI=1S/C24H29N3O2S/c1-18-11-16-27(21-9-5-6-10-22(21)30-18)23(28)17-26-14-12-19(13-15-26)24(29)25-20-7-3-2-4-8-20/h2-10,18-19H,11-17H2,1H3,(H,25,29)/t18-/m0/s1. The molecule has 0 saturated carbocycles. The highest BCUT2D eigenvalue weighted by Crippen LogP contribution is 2.37. The van der Waals surface area contributed by atoms with Crippen LogP contribution in [0.25, 0.3) is 0 Å². The molecule has 30 heavy (non-hydrogen) atoms. The molecular weight excluding hydrogens is 394 g/mol. The second kappa shape index (κ2) is 9.67. The predicted molar refractivity (Wildman–Crippen MR) is 123 cm³/mol. The number of nitrogens with zero attached hydrogens (tertiary/aromatic N) is 2. The van der Waals surface area contributed by atoms with E-state index in [-0.39, 0.29) is 17.7 Å². The van der Waals surface area contributed by atoms with Crippen molar-refractivity contribution in [1.82, 2.24) is 4.90 Å². The predicted octanol–water partition coefficient (Wildman–Crippen LogP) is 4.25. The number of nitrogens with one attached hydrogen (secondary N) is 1. The van der Waals surface area contributed by atoms with E-state index in [0.29, 0.717) is 11.8 Å². The highest BCUT2D eigenvalue weighted by Gasteiger charge is 2.29. The number of likely N-dealkylation sites (tertiary alicyclic amines) is 1. The van der Waals surface area contributed by atoms with Crippen LogP contribution in [0.15, 0.2) is 59.5 Å². The minimum Gasteiger partial charge on any atom is -0.326 e. The lowest BCUT2D eigenvalue weighted by Gasteiger charge is -2.32. The molecule has 2 aromatic rings. The van der Waals surface area contributed by atoms with Gasteiger partial charge in [0.25, 0.3) is 0 Å². The van der Waals surface area contributed by atoms with Gasteiger partial charge in [-0.05, 0) is 56.6 Å². The summed E-state index contributed by atoms with van der Waals surface area (Å²) in [5, 5.41) is 3.51. The number of anilines is 2. The average Bonchev–Trinajstić information content (AvgIpc) is 2.93. The van der Waals surface area contributed by atoms with Crippen LogP contribution in [0.5, 0.6) is 0 Å². The molecule has 1 N–H and O–H groups in total. The van der Waals surface area contributed by atoms with Crippen LogP contribution in [0.4, 0.5) is 11.4 Å². The molecule has 0 unspecified atom stereocenters. The maximum Gasteiger partial charge on any atom is 0.241 e. The van der Waals surface area contributed by atoms with Crippen LogP contribution in [0.1, 0.15) is 26.2 Å². The number of piperidine rings is 1. The number of thioether (sulfide) groups is 1. The number of para-hydroxylation sites is 2. The second-order valence-electron chi connectivity index (χ2n) is 8.14. The zero-order valence-electron chi connectivity index (χ0n) is 17.4. The molecule has 1 saturated heterocycles. The molecule has 0 radical (unpaired) electrons. The highest BCUT2D eigenvalue weighted by atomic mass is 32.2. The van der Waals surface area contributed by atoms with Gasteiger partial charge in [0, 0.05) is 28.3 Å². The molecule has 2 aliphatic rings. The third-order valence-corrected chi connectivity index (χ3v) is 7.14. The van der Waals surface area contributed by atoms with E-state index in [2.05, 4.69) is 29.3 Å². The van der Waals surface area contributed by atoms with Gasteiger partial charge in [-0.2, -0.15) is 0 Å². The van der Waals surface area contributed by atoms with Crippen molar-refractivity contribution < 1.29 is 9.59 Å². The van der Waals surface area contributed by atoms with Crippen LogP contribution in [-0.4, -0.2) is 48.1 Å². The summed E-state index contributed by atoms with van der Waals surface area (Å²) in [6.45, 7) is 4.96. The zero-order chi connectivity index (χ0) is 20.9. The minimum absolute atomic E-state index is 0.00715. The summed E-state index contributed by atoms with van der Waals surface area (Å²) < 4.78 is 0. The van der Waals surface area contributed by atoms with Gasteiger partial charge in [0.1, 0.15) is 0 Å². The molecule has 5 nitrogen and oxygen atoms in total. The van der Waals surface area contributed by atoms with Gasteiger partial charge >= 0.3 is 0 Å². The van der Waals surface area contributed by atoms with Crippen molar-refractivity contribution in [3.8, 4) is 0 Å². The first-order valence-corrected chi connectivity index (χ1v) is 11.6. The van der Waals surface area contributed by atoms with Crippen LogP contribution in [0, 0.1) is 5.92 Å². The number of carbonyl (C=O) groups is 2. The van der Waals surface area contributed by atoms with Crippen molar-refractivity contribution >= 4 is 35.0 Å². The van der Waals surface area contributed by atoms with Gasteiger partial charge in [0.15, 0.2) is 0 Å². The van der Waals surface area contributed by atoms with E-state index >= 15 is 0 Å². The van der Waals surface area contributed by atoms with E-state index in [4.69, 9.17) is 0 Å². The lowest BCUT2D eigenvalue weighted by Crippen LogP contribution is -2.45. The number of rotatable bonds is 4. The summed E-state index contributed by atoms with van der Waals surface area (Å²) in [5.41, 5.74) is 1.88. The summed E-state index contributed by atoms with van der Waals surface area (Å²) in [6, 6.07) is 17.8. The molecule has 4 rings (SSSR count). The van der Waals surface area contributed by atoms with Crippen molar-refractivity contribution in [3.05, 3.63) is 54.6 Å². The number of carbonyl (C=O) groups excluding carboxylic acids is 2. The van der Waals surface area contributed by atoms with E-state index < -0.39 is 0 Å². The Hall–Kier alpha value is -2.31. The summed E-state index contributed by atoms with van der Waals surface area (Å²) in [5.74, 6) is 0.247. The Labute approximate surface area is 182 Å². The van der Waals surface area contributed by atoms with Crippen LogP contribution in [-0.2, 0) is 9.59 Å². The van der Waals surface area contributed by atoms with Crippen molar-refractivity contribution in [2.24, 2.45) is 5.92 Å². The Balaban J connectivity index is 1.32. The van der Waals surface area contributed by atoms with Gasteiger partial charge in [-0.1, -0.05) is 37.3 Å². The molecule has 2 aliphatic heterocycles. The van der Waals surface area contributed by atoms with Gasteiger partial charge in [0.05, 0.1) is 12.2 Å². The number of benzene rings is 2. The maximum absolute atomic E-state index is 13.1. The normalized spacial score (nSPS) is 20.3. The van der Waals surface area contributed by atoms with Gasteiger partial charge in [-0.25, -0.2) is 0 Å². The largest absolute Gasteiger partial charge is 0.326 e. The van der Waals surface area contributed by atoms with Crippen molar-refractivity contribution in [3.63, 3.8) is 0 Å². The molecule has 0 bridgehead atoms. The van der Waals surface area contributed by atoms with Crippen LogP contribution in [0.3, 0.4) is 0 Å². The highest BCUT2D eigenvalue weighted by molar-refractivity contribution is 8.00. The maximum atomic E-state index is 13.1. The fourth-order valence-corrected chi connectivity index (χ4v) is 5.25. The lowest BCUT2D eigenvalue weighted by molar-refractivity contribution is -0.122. The molecule has 2 amide bonds. The molecule has 2 aromatic carbocycles. The number of amides is 2. The zero-order valence-corrected chi connectivity index (χ0v) is 18.2. The molecular formula is C24H29N3O2S. The lowest BCUT2D eigenvalue weighted by atomic mass is 9.95. The monoisotopic (exact) mass is 423 g/mol. The van der Waals surface area contributed by atoms with Crippen LogP contribution < -0.4 is 10.2 Å². The number of hydrogen-bond donors (Lipinski definition) is 1. The summed E-state index contributed by atoms with van der Waals surface area (Å²) >= 11 is 1.85. The fraction of sp³-hybridized carbons (Fsp3) is 0.417. The van der Waals surface area contributed by atoms with Crippen molar-refractivity contribution in [2.45, 2.75) is 36.3 Å². The molecule has 0 aromatic heterocycles. The molecule has 6 heteroatoms. The van der Waals surface area contributed by atoms with Gasteiger partial charge in [0.2, 0.25) is 11.8 Å². The van der Waals surface area contributed by atoms with Gasteiger partial charge in [-0.15, -0.1) is 11.8 Å². The summed E-state index contributed by atoms with van der Waals surface area (Å²) in [7, 11) is 0. The quantitative estimate of drug-likeness (QED) is 0.799. The number of fused-ring (bicyclic) bond motifs is 1. The minimum atomic E-state index is 0.00715. The van der Waals surface area contributed by atoms with Gasteiger partial charge < -0.3 is 10.2 Å². The van der Waals surface area contributed by atoms with E-state index in [1.165, 1.54) is 4.90 Å². The Morgan fingerprint density at radius 3 is 2.43 bits per heavy atom. The molecule has 1 fully saturated rings. The first-order chi connectivity index (χ1) is 14.6. The molecule has 158 valence electrons. The van der Waals surface area contributed by atoms with E-state index in [1.54, 1.807) is 0 Å². The Morgan fingerprint density at radius 2 is 1.67 bits per heavy atom. The van der Waals surface area contributed by atoms with Gasteiger partial charge in [-0.3, -0.25) is 14.5 Å². The third-order valence-electron chi connectivity index (χ3n) is 5.90. The van der Waals surface area contributed by atoms with Crippen molar-refractivity contribution in [1.29, 1.82) is 0 Å². The van der Waals surface area contributed by atoms with E-state index in [0.717, 1.165) is 50.3 Å². The SMILES string of the molecule is C[C@H]1CCN(C(=O)CN2CCC(C(=O)Nc3ccccc3)CC2)c2ccccc2S1. The van der Waals surface area contributed by atoms with Crippen molar-refractivity contribution in [2.75, 3.05) is 36.4 Å². The van der Waals surface area contributed by atoms with Crippen LogP contribution >= 0.6 is 11.8 Å². The van der Waals surface area contributed by atoms with Crippen LogP contribution in [0.2, 0.25) is 0 Å². The first kappa shape index (κ1) is 20.9. The smallest absolute Gasteiger partial charge is 0.241 e. The topological polar surface area (TPSA) is 52.7 Å². The Kier molecular flexibility index (Phi) is 6.75. The first-order valence-electron chi connectivity index (χ1n) is 10.7. The van der Waals surface area contributed by atoms with E-state index in [9.17, 15) is 9.59 Å². The Morgan fingerprint density at radius 1 is 0.967 bits per heavy atom. The summed E-state index contributed by atoms with van der Waals surface area (Å²) in [6.07, 6.45) is 2.57. The summed E-state index contributed by atoms with van der Waals surface area (Å²) in [4.78, 5) is 31.0. The molecule has 0 aliphatic carbocycles. The Bertz CT molecular complexity index is 881. The third kappa shape index (κ3) is 5.05. The average molecular weight is 424 g/mol. The second-order valence-corrected chi connectivity index (χ2v) is 9.62. The molecule has 2 heterocycles. The van der Waals surface area contributed by atoms with E-state index in [1.807, 2.05) is 59.1 Å². The molecule has 1 atom stereocenters. The fourth-order valence-electron chi connectivity index (χ4n) is 4.14. The number of hydrogen-bond acceptors (Lipinski definition) is 4.